The molecule has 164 valence electrons. The van der Waals surface area contributed by atoms with Crippen LogP contribution in [-0.4, -0.2) is 66.7 Å². The smallest absolute Gasteiger partial charge is 0.324 e. The molecule has 0 bridgehead atoms. The summed E-state index contributed by atoms with van der Waals surface area (Å²) in [6.07, 6.45) is 0. The number of thiazole rings is 1. The van der Waals surface area contributed by atoms with Gasteiger partial charge in [0.25, 0.3) is 5.91 Å². The zero-order valence-corrected chi connectivity index (χ0v) is 18.6. The molecule has 3 aromatic rings. The van der Waals surface area contributed by atoms with Gasteiger partial charge in [0.2, 0.25) is 0 Å². The number of benzene rings is 1. The number of fused-ring (bicyclic) bond motifs is 1. The Morgan fingerprint density at radius 2 is 2.10 bits per heavy atom. The number of anilines is 1. The van der Waals surface area contributed by atoms with Gasteiger partial charge in [0.1, 0.15) is 11.3 Å². The highest BCUT2D eigenvalue weighted by molar-refractivity contribution is 7.22. The minimum absolute atomic E-state index is 0.0561. The molecule has 3 heterocycles. The number of nitro groups is 1. The average Bonchev–Trinajstić information content (AvgIpc) is 3.43. The van der Waals surface area contributed by atoms with Crippen molar-refractivity contribution in [3.63, 3.8) is 0 Å². The van der Waals surface area contributed by atoms with E-state index in [-0.39, 0.29) is 10.9 Å². The summed E-state index contributed by atoms with van der Waals surface area (Å²) in [6, 6.07) is 8.57. The SMILES string of the molecule is CCOc1cccc2sc(N(CCN3CCOCC3)C(=O)c3ccc([N+](=O)[O-])s3)nc12. The molecule has 0 radical (unpaired) electrons. The molecule has 0 unspecified atom stereocenters. The molecule has 2 aromatic heterocycles. The van der Waals surface area contributed by atoms with Crippen molar-refractivity contribution in [1.29, 1.82) is 0 Å². The van der Waals surface area contributed by atoms with Crippen LogP contribution in [0.25, 0.3) is 10.2 Å². The van der Waals surface area contributed by atoms with Gasteiger partial charge in [0.05, 0.1) is 34.3 Å². The molecule has 1 amide bonds. The minimum Gasteiger partial charge on any atom is -0.492 e. The number of carbonyl (C=O) groups is 1. The van der Waals surface area contributed by atoms with Crippen LogP contribution < -0.4 is 9.64 Å². The number of hydrogen-bond donors (Lipinski definition) is 0. The molecule has 0 N–H and O–H groups in total. The Morgan fingerprint density at radius 3 is 2.81 bits per heavy atom. The quantitative estimate of drug-likeness (QED) is 0.372. The van der Waals surface area contributed by atoms with Crippen LogP contribution >= 0.6 is 22.7 Å². The molecule has 4 rings (SSSR count). The fourth-order valence-electron chi connectivity index (χ4n) is 3.32. The van der Waals surface area contributed by atoms with E-state index in [2.05, 4.69) is 4.90 Å². The number of para-hydroxylation sites is 1. The maximum absolute atomic E-state index is 13.3. The molecule has 1 saturated heterocycles. The number of nitrogens with zero attached hydrogens (tertiary/aromatic N) is 4. The van der Waals surface area contributed by atoms with Crippen molar-refractivity contribution in [1.82, 2.24) is 9.88 Å². The van der Waals surface area contributed by atoms with Crippen molar-refractivity contribution in [2.24, 2.45) is 0 Å². The first kappa shape index (κ1) is 21.6. The molecule has 9 nitrogen and oxygen atoms in total. The summed E-state index contributed by atoms with van der Waals surface area (Å²) in [4.78, 5) is 32.8. The van der Waals surface area contributed by atoms with Crippen molar-refractivity contribution < 1.29 is 19.2 Å². The molecule has 0 spiro atoms. The lowest BCUT2D eigenvalue weighted by molar-refractivity contribution is -0.380. The highest BCUT2D eigenvalue weighted by Crippen LogP contribution is 2.35. The van der Waals surface area contributed by atoms with Gasteiger partial charge in [-0.15, -0.1) is 0 Å². The number of amides is 1. The highest BCUT2D eigenvalue weighted by Gasteiger charge is 2.26. The van der Waals surface area contributed by atoms with Crippen molar-refractivity contribution >= 4 is 48.9 Å². The number of carbonyl (C=O) groups excluding carboxylic acids is 1. The summed E-state index contributed by atoms with van der Waals surface area (Å²) in [5.74, 6) is 0.387. The van der Waals surface area contributed by atoms with Crippen molar-refractivity contribution in [2.75, 3.05) is 50.9 Å². The van der Waals surface area contributed by atoms with Crippen LogP contribution in [0.15, 0.2) is 30.3 Å². The zero-order valence-electron chi connectivity index (χ0n) is 17.0. The van der Waals surface area contributed by atoms with Gasteiger partial charge in [-0.05, 0) is 25.1 Å². The summed E-state index contributed by atoms with van der Waals surface area (Å²) in [7, 11) is 0. The van der Waals surface area contributed by atoms with E-state index in [1.54, 1.807) is 4.90 Å². The van der Waals surface area contributed by atoms with Gasteiger partial charge in [0, 0.05) is 32.2 Å². The monoisotopic (exact) mass is 462 g/mol. The van der Waals surface area contributed by atoms with Crippen molar-refractivity contribution in [3.8, 4) is 5.75 Å². The molecule has 31 heavy (non-hydrogen) atoms. The van der Waals surface area contributed by atoms with E-state index in [1.165, 1.54) is 23.5 Å². The van der Waals surface area contributed by atoms with Crippen molar-refractivity contribution in [3.05, 3.63) is 45.3 Å². The normalized spacial score (nSPS) is 14.6. The third-order valence-corrected chi connectivity index (χ3v) is 6.94. The van der Waals surface area contributed by atoms with Gasteiger partial charge in [-0.2, -0.15) is 0 Å². The van der Waals surface area contributed by atoms with Crippen LogP contribution in [0.1, 0.15) is 16.6 Å². The second kappa shape index (κ2) is 9.69. The van der Waals surface area contributed by atoms with Gasteiger partial charge in [-0.3, -0.25) is 24.7 Å². The molecular weight excluding hydrogens is 440 g/mol. The van der Waals surface area contributed by atoms with Gasteiger partial charge in [0.15, 0.2) is 5.13 Å². The van der Waals surface area contributed by atoms with E-state index in [4.69, 9.17) is 14.5 Å². The zero-order chi connectivity index (χ0) is 21.8. The largest absolute Gasteiger partial charge is 0.492 e. The summed E-state index contributed by atoms with van der Waals surface area (Å²) in [6.45, 7) is 6.47. The topological polar surface area (TPSA) is 98.0 Å². The molecule has 1 aromatic carbocycles. The number of hydrogen-bond acceptors (Lipinski definition) is 9. The fraction of sp³-hybridized carbons (Fsp3) is 0.400. The molecule has 1 fully saturated rings. The number of morpholine rings is 1. The van der Waals surface area contributed by atoms with E-state index in [1.807, 2.05) is 25.1 Å². The van der Waals surface area contributed by atoms with Crippen LogP contribution in [0.2, 0.25) is 0 Å². The first-order chi connectivity index (χ1) is 15.1. The average molecular weight is 463 g/mol. The van der Waals surface area contributed by atoms with Gasteiger partial charge < -0.3 is 9.47 Å². The van der Waals surface area contributed by atoms with Gasteiger partial charge in [-0.1, -0.05) is 28.7 Å². The third kappa shape index (κ3) is 4.85. The predicted octanol–water partition coefficient (Wildman–Crippen LogP) is 3.64. The Morgan fingerprint density at radius 1 is 1.29 bits per heavy atom. The number of aromatic nitrogens is 1. The van der Waals surface area contributed by atoms with E-state index in [0.29, 0.717) is 54.2 Å². The lowest BCUT2D eigenvalue weighted by atomic mass is 10.3. The Labute approximate surface area is 187 Å². The maximum Gasteiger partial charge on any atom is 0.324 e. The molecule has 0 saturated carbocycles. The van der Waals surface area contributed by atoms with Crippen LogP contribution in [0, 0.1) is 10.1 Å². The first-order valence-electron chi connectivity index (χ1n) is 9.95. The Balaban J connectivity index is 1.65. The summed E-state index contributed by atoms with van der Waals surface area (Å²) < 4.78 is 12.0. The predicted molar refractivity (Wildman–Crippen MR) is 121 cm³/mol. The van der Waals surface area contributed by atoms with E-state index in [9.17, 15) is 14.9 Å². The minimum atomic E-state index is -0.481. The fourth-order valence-corrected chi connectivity index (χ4v) is 5.10. The van der Waals surface area contributed by atoms with Gasteiger partial charge in [-0.25, -0.2) is 4.98 Å². The number of ether oxygens (including phenoxy) is 2. The van der Waals surface area contributed by atoms with Crippen molar-refractivity contribution in [2.45, 2.75) is 6.92 Å². The lowest BCUT2D eigenvalue weighted by Crippen LogP contribution is -2.43. The standard InChI is InChI=1S/C20H22N4O5S2/c1-2-29-14-4-3-5-15-18(14)21-20(31-15)23(9-8-22-10-12-28-13-11-22)19(25)16-6-7-17(30-16)24(26)27/h3-7H,2,8-13H2,1H3. The lowest BCUT2D eigenvalue weighted by Gasteiger charge is -2.29. The molecule has 1 aliphatic rings. The number of rotatable bonds is 8. The van der Waals surface area contributed by atoms with Crippen LogP contribution in [0.3, 0.4) is 0 Å². The van der Waals surface area contributed by atoms with E-state index < -0.39 is 4.92 Å². The Bertz CT molecular complexity index is 1080. The Hall–Kier alpha value is -2.60. The summed E-state index contributed by atoms with van der Waals surface area (Å²) >= 11 is 2.29. The second-order valence-electron chi connectivity index (χ2n) is 6.84. The van der Waals surface area contributed by atoms with Crippen LogP contribution in [0.4, 0.5) is 10.1 Å². The summed E-state index contributed by atoms with van der Waals surface area (Å²) in [5.41, 5.74) is 0.714. The molecule has 1 aliphatic heterocycles. The second-order valence-corrected chi connectivity index (χ2v) is 8.91. The maximum atomic E-state index is 13.3. The van der Waals surface area contributed by atoms with Crippen LogP contribution in [-0.2, 0) is 4.74 Å². The molecule has 0 atom stereocenters. The van der Waals surface area contributed by atoms with E-state index in [0.717, 1.165) is 29.1 Å². The van der Waals surface area contributed by atoms with Crippen LogP contribution in [0.5, 0.6) is 5.75 Å². The molecule has 11 heteroatoms. The van der Waals surface area contributed by atoms with E-state index >= 15 is 0 Å². The first-order valence-corrected chi connectivity index (χ1v) is 11.6. The number of thiophene rings is 1. The Kier molecular flexibility index (Phi) is 6.76. The summed E-state index contributed by atoms with van der Waals surface area (Å²) in [5, 5.41) is 11.6. The molecular formula is C20H22N4O5S2. The van der Waals surface area contributed by atoms with Gasteiger partial charge >= 0.3 is 5.00 Å². The third-order valence-electron chi connectivity index (χ3n) is 4.87. The highest BCUT2D eigenvalue weighted by atomic mass is 32.1. The molecule has 0 aliphatic carbocycles.